The van der Waals surface area contributed by atoms with Crippen LogP contribution in [0.25, 0.3) is 0 Å². The fourth-order valence-corrected chi connectivity index (χ4v) is 2.29. The summed E-state index contributed by atoms with van der Waals surface area (Å²) in [4.78, 5) is 12.1. The molecule has 0 fully saturated rings. The Balaban J connectivity index is 1.97. The number of carbonyl (C=O) groups is 1. The fraction of sp³-hybridized carbons (Fsp3) is 0.278. The summed E-state index contributed by atoms with van der Waals surface area (Å²) in [6, 6.07) is 13.4. The largest absolute Gasteiger partial charge is 0.497 e. The number of hydrogen-bond donors (Lipinski definition) is 1. The Hall–Kier alpha value is -2.36. The van der Waals surface area contributed by atoms with Crippen LogP contribution in [0.1, 0.15) is 35.2 Å². The second kappa shape index (κ2) is 7.59. The first-order valence-electron chi connectivity index (χ1n) is 7.31. The Bertz CT molecular complexity index is 608. The zero-order valence-corrected chi connectivity index (χ0v) is 12.8. The smallest absolute Gasteiger partial charge is 0.251 e. The maximum Gasteiger partial charge on any atom is 0.251 e. The van der Waals surface area contributed by atoms with Crippen LogP contribution in [-0.4, -0.2) is 19.6 Å². The number of benzene rings is 2. The highest BCUT2D eigenvalue weighted by Gasteiger charge is 2.12. The molecule has 0 heterocycles. The maximum atomic E-state index is 13.0. The van der Waals surface area contributed by atoms with Gasteiger partial charge in [0.25, 0.3) is 5.91 Å². The number of hydrogen-bond acceptors (Lipinski definition) is 2. The van der Waals surface area contributed by atoms with E-state index in [-0.39, 0.29) is 17.6 Å². The summed E-state index contributed by atoms with van der Waals surface area (Å²) in [5.41, 5.74) is 1.62. The highest BCUT2D eigenvalue weighted by molar-refractivity contribution is 5.94. The molecular formula is C18H20FNO2. The minimum Gasteiger partial charge on any atom is -0.497 e. The quantitative estimate of drug-likeness (QED) is 0.882. The lowest BCUT2D eigenvalue weighted by Gasteiger charge is -2.16. The standard InChI is InChI=1S/C18H20FNO2/c1-3-13(14-4-8-16(19)9-5-14)12-20-18(21)15-6-10-17(22-2)11-7-15/h4-11,13H,3,12H2,1-2H3,(H,20,21)/t13-/m0/s1. The molecule has 1 atom stereocenters. The second-order valence-corrected chi connectivity index (χ2v) is 5.10. The van der Waals surface area contributed by atoms with E-state index in [1.807, 2.05) is 6.92 Å². The van der Waals surface area contributed by atoms with Gasteiger partial charge < -0.3 is 10.1 Å². The molecule has 0 aromatic heterocycles. The van der Waals surface area contributed by atoms with E-state index in [4.69, 9.17) is 4.74 Å². The summed E-state index contributed by atoms with van der Waals surface area (Å²) in [6.45, 7) is 2.57. The molecule has 0 spiro atoms. The molecule has 0 bridgehead atoms. The van der Waals surface area contributed by atoms with Crippen LogP contribution >= 0.6 is 0 Å². The van der Waals surface area contributed by atoms with E-state index in [0.29, 0.717) is 17.9 Å². The molecule has 0 saturated heterocycles. The molecule has 0 aliphatic heterocycles. The molecule has 1 N–H and O–H groups in total. The van der Waals surface area contributed by atoms with Crippen molar-refractivity contribution in [1.29, 1.82) is 0 Å². The van der Waals surface area contributed by atoms with Gasteiger partial charge in [0.1, 0.15) is 11.6 Å². The van der Waals surface area contributed by atoms with E-state index in [0.717, 1.165) is 12.0 Å². The van der Waals surface area contributed by atoms with E-state index in [1.54, 1.807) is 43.5 Å². The van der Waals surface area contributed by atoms with Crippen molar-refractivity contribution in [3.63, 3.8) is 0 Å². The van der Waals surface area contributed by atoms with E-state index >= 15 is 0 Å². The van der Waals surface area contributed by atoms with E-state index in [2.05, 4.69) is 5.32 Å². The summed E-state index contributed by atoms with van der Waals surface area (Å²) in [5.74, 6) is 0.515. The van der Waals surface area contributed by atoms with Gasteiger partial charge in [0, 0.05) is 18.0 Å². The van der Waals surface area contributed by atoms with Crippen molar-refractivity contribution < 1.29 is 13.9 Å². The van der Waals surface area contributed by atoms with Gasteiger partial charge in [0.2, 0.25) is 0 Å². The topological polar surface area (TPSA) is 38.3 Å². The van der Waals surface area contributed by atoms with Gasteiger partial charge in [-0.2, -0.15) is 0 Å². The number of nitrogens with one attached hydrogen (secondary N) is 1. The van der Waals surface area contributed by atoms with Crippen molar-refractivity contribution >= 4 is 5.91 Å². The van der Waals surface area contributed by atoms with E-state index in [9.17, 15) is 9.18 Å². The van der Waals surface area contributed by atoms with Crippen molar-refractivity contribution in [2.24, 2.45) is 0 Å². The van der Waals surface area contributed by atoms with Gasteiger partial charge in [-0.15, -0.1) is 0 Å². The van der Waals surface area contributed by atoms with Crippen LogP contribution in [0.4, 0.5) is 4.39 Å². The molecule has 2 aromatic carbocycles. The minimum absolute atomic E-state index is 0.122. The van der Waals surface area contributed by atoms with Crippen molar-refractivity contribution in [2.75, 3.05) is 13.7 Å². The van der Waals surface area contributed by atoms with Gasteiger partial charge >= 0.3 is 0 Å². The Morgan fingerprint density at radius 3 is 2.32 bits per heavy atom. The van der Waals surface area contributed by atoms with Gasteiger partial charge in [-0.3, -0.25) is 4.79 Å². The molecule has 0 unspecified atom stereocenters. The average molecular weight is 301 g/mol. The maximum absolute atomic E-state index is 13.0. The highest BCUT2D eigenvalue weighted by atomic mass is 19.1. The number of carbonyl (C=O) groups excluding carboxylic acids is 1. The Morgan fingerprint density at radius 1 is 1.14 bits per heavy atom. The lowest BCUT2D eigenvalue weighted by atomic mass is 9.96. The van der Waals surface area contributed by atoms with Crippen molar-refractivity contribution in [1.82, 2.24) is 5.32 Å². The first-order chi connectivity index (χ1) is 10.6. The molecule has 0 saturated carbocycles. The van der Waals surface area contributed by atoms with Crippen molar-refractivity contribution in [3.8, 4) is 5.75 Å². The van der Waals surface area contributed by atoms with Gasteiger partial charge in [0.05, 0.1) is 7.11 Å². The van der Waals surface area contributed by atoms with Gasteiger partial charge in [-0.05, 0) is 48.4 Å². The van der Waals surface area contributed by atoms with Crippen LogP contribution in [-0.2, 0) is 0 Å². The summed E-state index contributed by atoms with van der Waals surface area (Å²) in [7, 11) is 1.59. The summed E-state index contributed by atoms with van der Waals surface area (Å²) >= 11 is 0. The molecule has 116 valence electrons. The lowest BCUT2D eigenvalue weighted by molar-refractivity contribution is 0.0951. The van der Waals surface area contributed by atoms with Crippen LogP contribution in [0, 0.1) is 5.82 Å². The van der Waals surface area contributed by atoms with Crippen LogP contribution in [0.15, 0.2) is 48.5 Å². The van der Waals surface area contributed by atoms with Gasteiger partial charge in [-0.25, -0.2) is 4.39 Å². The monoisotopic (exact) mass is 301 g/mol. The highest BCUT2D eigenvalue weighted by Crippen LogP contribution is 2.19. The summed E-state index contributed by atoms with van der Waals surface area (Å²) in [6.07, 6.45) is 0.870. The van der Waals surface area contributed by atoms with Gasteiger partial charge in [-0.1, -0.05) is 19.1 Å². The SMILES string of the molecule is CC[C@@H](CNC(=O)c1ccc(OC)cc1)c1ccc(F)cc1. The first-order valence-corrected chi connectivity index (χ1v) is 7.31. The Morgan fingerprint density at radius 2 is 1.77 bits per heavy atom. The number of amides is 1. The molecular weight excluding hydrogens is 281 g/mol. The molecule has 4 heteroatoms. The normalized spacial score (nSPS) is 11.8. The summed E-state index contributed by atoms with van der Waals surface area (Å²) < 4.78 is 18.0. The van der Waals surface area contributed by atoms with E-state index < -0.39 is 0 Å². The number of halogens is 1. The fourth-order valence-electron chi connectivity index (χ4n) is 2.29. The predicted octanol–water partition coefficient (Wildman–Crippen LogP) is 3.76. The summed E-state index contributed by atoms with van der Waals surface area (Å²) in [5, 5.41) is 2.93. The van der Waals surface area contributed by atoms with E-state index in [1.165, 1.54) is 12.1 Å². The zero-order chi connectivity index (χ0) is 15.9. The minimum atomic E-state index is -0.249. The molecule has 1 amide bonds. The zero-order valence-electron chi connectivity index (χ0n) is 12.8. The average Bonchev–Trinajstić information content (AvgIpc) is 2.56. The Kier molecular flexibility index (Phi) is 5.53. The first kappa shape index (κ1) is 16.0. The van der Waals surface area contributed by atoms with Crippen molar-refractivity contribution in [3.05, 3.63) is 65.5 Å². The molecule has 2 aromatic rings. The third-order valence-electron chi connectivity index (χ3n) is 3.70. The number of methoxy groups -OCH3 is 1. The number of ether oxygens (including phenoxy) is 1. The van der Waals surface area contributed by atoms with Gasteiger partial charge in [0.15, 0.2) is 0 Å². The van der Waals surface area contributed by atoms with Crippen LogP contribution in [0.3, 0.4) is 0 Å². The van der Waals surface area contributed by atoms with Crippen LogP contribution in [0.5, 0.6) is 5.75 Å². The third-order valence-corrected chi connectivity index (χ3v) is 3.70. The second-order valence-electron chi connectivity index (χ2n) is 5.10. The molecule has 3 nitrogen and oxygen atoms in total. The van der Waals surface area contributed by atoms with Crippen molar-refractivity contribution in [2.45, 2.75) is 19.3 Å². The Labute approximate surface area is 130 Å². The van der Waals surface area contributed by atoms with Crippen LogP contribution < -0.4 is 10.1 Å². The molecule has 0 aliphatic rings. The van der Waals surface area contributed by atoms with Crippen LogP contribution in [0.2, 0.25) is 0 Å². The number of rotatable bonds is 6. The molecule has 2 rings (SSSR count). The lowest BCUT2D eigenvalue weighted by Crippen LogP contribution is -2.28. The molecule has 0 radical (unpaired) electrons. The third kappa shape index (κ3) is 4.07. The molecule has 0 aliphatic carbocycles. The predicted molar refractivity (Wildman–Crippen MR) is 84.8 cm³/mol. The molecule has 22 heavy (non-hydrogen) atoms.